The first-order valence-electron chi connectivity index (χ1n) is 5.67. The van der Waals surface area contributed by atoms with Gasteiger partial charge in [-0.25, -0.2) is 4.39 Å². The van der Waals surface area contributed by atoms with Crippen LogP contribution >= 0.6 is 28.3 Å². The molecule has 1 unspecified atom stereocenters. The summed E-state index contributed by atoms with van der Waals surface area (Å²) in [5.41, 5.74) is 6.55. The van der Waals surface area contributed by atoms with Crippen LogP contribution in [0.5, 0.6) is 0 Å². The van der Waals surface area contributed by atoms with Crippen molar-refractivity contribution in [2.24, 2.45) is 5.73 Å². The molecule has 1 aliphatic rings. The molecule has 1 atom stereocenters. The molecule has 1 aromatic carbocycles. The molecule has 102 valence electrons. The molecule has 0 amide bonds. The van der Waals surface area contributed by atoms with Crippen molar-refractivity contribution in [2.45, 2.75) is 12.6 Å². The topological polar surface area (TPSA) is 38.5 Å². The van der Waals surface area contributed by atoms with E-state index in [1.165, 1.54) is 6.07 Å². The molecular weight excluding hydrogens is 322 g/mol. The van der Waals surface area contributed by atoms with Crippen molar-refractivity contribution in [3.8, 4) is 0 Å². The first kappa shape index (κ1) is 15.9. The quantitative estimate of drug-likeness (QED) is 0.917. The van der Waals surface area contributed by atoms with Crippen LogP contribution in [0.1, 0.15) is 5.56 Å². The minimum absolute atomic E-state index is 0. The number of nitrogens with zero attached hydrogens (tertiary/aromatic N) is 1. The Kier molecular flexibility index (Phi) is 6.52. The fraction of sp³-hybridized carbons (Fsp3) is 0.500. The predicted molar refractivity (Wildman–Crippen MR) is 75.4 cm³/mol. The van der Waals surface area contributed by atoms with Gasteiger partial charge >= 0.3 is 0 Å². The summed E-state index contributed by atoms with van der Waals surface area (Å²) in [6, 6.07) is 4.76. The maximum Gasteiger partial charge on any atom is 0.123 e. The number of nitrogens with two attached hydrogens (primary N) is 1. The number of morpholine rings is 1. The number of rotatable bonds is 3. The molecule has 0 spiro atoms. The monoisotopic (exact) mass is 338 g/mol. The van der Waals surface area contributed by atoms with Gasteiger partial charge in [-0.15, -0.1) is 12.4 Å². The van der Waals surface area contributed by atoms with E-state index < -0.39 is 0 Å². The minimum Gasteiger partial charge on any atom is -0.374 e. The van der Waals surface area contributed by atoms with Gasteiger partial charge in [0.2, 0.25) is 0 Å². The van der Waals surface area contributed by atoms with E-state index in [-0.39, 0.29) is 24.3 Å². The van der Waals surface area contributed by atoms with E-state index in [4.69, 9.17) is 10.5 Å². The molecule has 1 aliphatic heterocycles. The smallest absolute Gasteiger partial charge is 0.123 e. The summed E-state index contributed by atoms with van der Waals surface area (Å²) in [4.78, 5) is 2.24. The number of hydrogen-bond acceptors (Lipinski definition) is 3. The van der Waals surface area contributed by atoms with Gasteiger partial charge in [-0.3, -0.25) is 4.90 Å². The summed E-state index contributed by atoms with van der Waals surface area (Å²) in [5.74, 6) is -0.202. The van der Waals surface area contributed by atoms with Crippen molar-refractivity contribution in [1.29, 1.82) is 0 Å². The lowest BCUT2D eigenvalue weighted by Gasteiger charge is -2.32. The Labute approximate surface area is 121 Å². The Morgan fingerprint density at radius 1 is 1.50 bits per heavy atom. The molecule has 0 saturated carbocycles. The third-order valence-corrected chi connectivity index (χ3v) is 3.66. The van der Waals surface area contributed by atoms with Crippen molar-refractivity contribution in [1.82, 2.24) is 4.90 Å². The summed E-state index contributed by atoms with van der Waals surface area (Å²) in [7, 11) is 0. The second kappa shape index (κ2) is 7.40. The largest absolute Gasteiger partial charge is 0.374 e. The highest BCUT2D eigenvalue weighted by molar-refractivity contribution is 9.10. The summed E-state index contributed by atoms with van der Waals surface area (Å²) >= 11 is 3.44. The van der Waals surface area contributed by atoms with Crippen LogP contribution in [0.2, 0.25) is 0 Å². The Balaban J connectivity index is 0.00000162. The van der Waals surface area contributed by atoms with Crippen LogP contribution in [-0.4, -0.2) is 37.2 Å². The molecule has 3 nitrogen and oxygen atoms in total. The van der Waals surface area contributed by atoms with Gasteiger partial charge in [0.05, 0.1) is 12.7 Å². The van der Waals surface area contributed by atoms with Crippen LogP contribution in [-0.2, 0) is 11.3 Å². The lowest BCUT2D eigenvalue weighted by molar-refractivity contribution is -0.0261. The van der Waals surface area contributed by atoms with Crippen molar-refractivity contribution < 1.29 is 9.13 Å². The highest BCUT2D eigenvalue weighted by Gasteiger charge is 2.19. The summed E-state index contributed by atoms with van der Waals surface area (Å²) in [6.07, 6.45) is 0.0936. The Bertz CT molecular complexity index is 394. The molecule has 2 N–H and O–H groups in total. The van der Waals surface area contributed by atoms with Gasteiger partial charge in [0.25, 0.3) is 0 Å². The first-order chi connectivity index (χ1) is 8.19. The summed E-state index contributed by atoms with van der Waals surface area (Å²) in [6.45, 7) is 3.60. The van der Waals surface area contributed by atoms with Crippen LogP contribution in [0.3, 0.4) is 0 Å². The molecule has 0 bridgehead atoms. The van der Waals surface area contributed by atoms with Gasteiger partial charge in [0.1, 0.15) is 5.82 Å². The fourth-order valence-corrected chi connectivity index (χ4v) is 2.34. The molecule has 1 heterocycles. The van der Waals surface area contributed by atoms with Gasteiger partial charge in [0.15, 0.2) is 0 Å². The summed E-state index contributed by atoms with van der Waals surface area (Å²) in [5, 5.41) is 0. The number of benzene rings is 1. The Hall–Kier alpha value is -0.200. The zero-order valence-electron chi connectivity index (χ0n) is 9.94. The standard InChI is InChI=1S/C12H16BrFN2O.ClH/c13-12-2-1-10(14)5-9(12)7-16-3-4-17-11(6-15)8-16;/h1-2,5,11H,3-4,6-8,15H2;1H. The molecular formula is C12H17BrClFN2O. The number of ether oxygens (including phenoxy) is 1. The zero-order valence-corrected chi connectivity index (χ0v) is 12.3. The average molecular weight is 340 g/mol. The van der Waals surface area contributed by atoms with E-state index in [2.05, 4.69) is 20.8 Å². The first-order valence-corrected chi connectivity index (χ1v) is 6.46. The lowest BCUT2D eigenvalue weighted by atomic mass is 10.2. The van der Waals surface area contributed by atoms with E-state index in [0.717, 1.165) is 29.7 Å². The van der Waals surface area contributed by atoms with Crippen LogP contribution in [0.25, 0.3) is 0 Å². The van der Waals surface area contributed by atoms with Gasteiger partial charge in [0, 0.05) is 30.7 Å². The zero-order chi connectivity index (χ0) is 12.3. The van der Waals surface area contributed by atoms with E-state index in [9.17, 15) is 4.39 Å². The molecule has 1 aromatic rings. The van der Waals surface area contributed by atoms with Crippen LogP contribution in [0.4, 0.5) is 4.39 Å². The van der Waals surface area contributed by atoms with Crippen molar-refractivity contribution in [3.63, 3.8) is 0 Å². The van der Waals surface area contributed by atoms with Gasteiger partial charge < -0.3 is 10.5 Å². The summed E-state index contributed by atoms with van der Waals surface area (Å²) < 4.78 is 19.6. The van der Waals surface area contributed by atoms with E-state index in [1.54, 1.807) is 12.1 Å². The van der Waals surface area contributed by atoms with Gasteiger partial charge in [-0.1, -0.05) is 15.9 Å². The van der Waals surface area contributed by atoms with Crippen molar-refractivity contribution in [2.75, 3.05) is 26.2 Å². The highest BCUT2D eigenvalue weighted by atomic mass is 79.9. The molecule has 6 heteroatoms. The Morgan fingerprint density at radius 2 is 2.28 bits per heavy atom. The van der Waals surface area contributed by atoms with Crippen molar-refractivity contribution >= 4 is 28.3 Å². The Morgan fingerprint density at radius 3 is 3.00 bits per heavy atom. The molecule has 2 rings (SSSR count). The van der Waals surface area contributed by atoms with Crippen LogP contribution in [0.15, 0.2) is 22.7 Å². The number of halogens is 3. The van der Waals surface area contributed by atoms with Crippen LogP contribution in [0, 0.1) is 5.82 Å². The average Bonchev–Trinajstić information content (AvgIpc) is 2.34. The maximum atomic E-state index is 13.2. The maximum absolute atomic E-state index is 13.2. The fourth-order valence-electron chi connectivity index (χ4n) is 1.97. The molecule has 0 radical (unpaired) electrons. The molecule has 1 saturated heterocycles. The second-order valence-electron chi connectivity index (χ2n) is 4.20. The van der Waals surface area contributed by atoms with Crippen LogP contribution < -0.4 is 5.73 Å². The third kappa shape index (κ3) is 4.17. The molecule has 1 fully saturated rings. The second-order valence-corrected chi connectivity index (χ2v) is 5.05. The molecule has 0 aliphatic carbocycles. The van der Waals surface area contributed by atoms with E-state index in [0.29, 0.717) is 13.2 Å². The minimum atomic E-state index is -0.202. The molecule has 18 heavy (non-hydrogen) atoms. The van der Waals surface area contributed by atoms with E-state index >= 15 is 0 Å². The normalized spacial score (nSPS) is 20.5. The number of hydrogen-bond donors (Lipinski definition) is 1. The SMILES string of the molecule is Cl.NCC1CN(Cc2cc(F)ccc2Br)CCO1. The predicted octanol–water partition coefficient (Wildman–Crippen LogP) is 2.17. The van der Waals surface area contributed by atoms with Gasteiger partial charge in [-0.05, 0) is 23.8 Å². The third-order valence-electron chi connectivity index (χ3n) is 2.89. The lowest BCUT2D eigenvalue weighted by Crippen LogP contribution is -2.45. The molecule has 0 aromatic heterocycles. The van der Waals surface area contributed by atoms with E-state index in [1.807, 2.05) is 0 Å². The van der Waals surface area contributed by atoms with Gasteiger partial charge in [-0.2, -0.15) is 0 Å². The van der Waals surface area contributed by atoms with Crippen molar-refractivity contribution in [3.05, 3.63) is 34.1 Å². The highest BCUT2D eigenvalue weighted by Crippen LogP contribution is 2.20.